The molecule has 0 radical (unpaired) electrons. The van der Waals surface area contributed by atoms with Gasteiger partial charge in [0.05, 0.1) is 0 Å². The highest BCUT2D eigenvalue weighted by molar-refractivity contribution is 5.71. The van der Waals surface area contributed by atoms with Gasteiger partial charge in [0.2, 0.25) is 0 Å². The normalized spacial score (nSPS) is 12.4. The van der Waals surface area contributed by atoms with Gasteiger partial charge in [0.15, 0.2) is 6.10 Å². The predicted octanol–water partition coefficient (Wildman–Crippen LogP) is 23.9. The van der Waals surface area contributed by atoms with Crippen LogP contribution in [0.4, 0.5) is 0 Å². The molecule has 79 heavy (non-hydrogen) atoms. The van der Waals surface area contributed by atoms with Crippen molar-refractivity contribution in [2.75, 3.05) is 13.2 Å². The molecular formula is C73H132O6. The summed E-state index contributed by atoms with van der Waals surface area (Å²) in [5, 5.41) is 0. The van der Waals surface area contributed by atoms with Crippen molar-refractivity contribution in [2.24, 2.45) is 0 Å². The summed E-state index contributed by atoms with van der Waals surface area (Å²) in [6.07, 6.45) is 86.6. The fraction of sp³-hybridized carbons (Fsp3) is 0.822. The lowest BCUT2D eigenvalue weighted by molar-refractivity contribution is -0.167. The van der Waals surface area contributed by atoms with Gasteiger partial charge in [0.25, 0.3) is 0 Å². The van der Waals surface area contributed by atoms with E-state index in [-0.39, 0.29) is 31.1 Å². The zero-order valence-corrected chi connectivity index (χ0v) is 52.9. The molecule has 0 aromatic heterocycles. The van der Waals surface area contributed by atoms with Crippen LogP contribution in [0.2, 0.25) is 0 Å². The molecule has 0 bridgehead atoms. The highest BCUT2D eigenvalue weighted by atomic mass is 16.6. The molecule has 0 aromatic carbocycles. The zero-order valence-electron chi connectivity index (χ0n) is 52.9. The Hall–Kier alpha value is -2.89. The number of unbranched alkanes of at least 4 members (excludes halogenated alkanes) is 43. The van der Waals surface area contributed by atoms with Crippen molar-refractivity contribution in [3.63, 3.8) is 0 Å². The molecule has 1 unspecified atom stereocenters. The first kappa shape index (κ1) is 76.1. The fourth-order valence-electron chi connectivity index (χ4n) is 10.2. The van der Waals surface area contributed by atoms with Crippen molar-refractivity contribution in [2.45, 2.75) is 374 Å². The van der Waals surface area contributed by atoms with Gasteiger partial charge in [0, 0.05) is 19.3 Å². The predicted molar refractivity (Wildman–Crippen MR) is 344 cm³/mol. The number of hydrogen-bond acceptors (Lipinski definition) is 6. The van der Waals surface area contributed by atoms with E-state index in [2.05, 4.69) is 81.5 Å². The Morgan fingerprint density at radius 3 is 0.722 bits per heavy atom. The third kappa shape index (κ3) is 65.8. The maximum atomic E-state index is 12.9. The largest absolute Gasteiger partial charge is 0.462 e. The molecular weight excluding hydrogens is 973 g/mol. The Bertz CT molecular complexity index is 1410. The van der Waals surface area contributed by atoms with E-state index in [0.717, 1.165) is 83.5 Å². The topological polar surface area (TPSA) is 78.9 Å². The van der Waals surface area contributed by atoms with Gasteiger partial charge >= 0.3 is 17.9 Å². The van der Waals surface area contributed by atoms with Gasteiger partial charge in [-0.25, -0.2) is 0 Å². The van der Waals surface area contributed by atoms with Crippen LogP contribution < -0.4 is 0 Å². The van der Waals surface area contributed by atoms with E-state index < -0.39 is 6.10 Å². The molecule has 0 aliphatic carbocycles. The van der Waals surface area contributed by atoms with Gasteiger partial charge in [-0.2, -0.15) is 0 Å². The van der Waals surface area contributed by atoms with Crippen molar-refractivity contribution in [1.82, 2.24) is 0 Å². The van der Waals surface area contributed by atoms with Gasteiger partial charge < -0.3 is 14.2 Å². The molecule has 0 saturated heterocycles. The van der Waals surface area contributed by atoms with Crippen LogP contribution in [0.5, 0.6) is 0 Å². The first-order chi connectivity index (χ1) is 39.0. The molecule has 0 saturated carbocycles. The summed E-state index contributed by atoms with van der Waals surface area (Å²) >= 11 is 0. The Kier molecular flexibility index (Phi) is 65.1. The molecule has 0 fully saturated rings. The van der Waals surface area contributed by atoms with Gasteiger partial charge in [-0.1, -0.05) is 319 Å². The number of allylic oxidation sites excluding steroid dienone is 10. The lowest BCUT2D eigenvalue weighted by Crippen LogP contribution is -2.30. The lowest BCUT2D eigenvalue weighted by atomic mass is 10.0. The van der Waals surface area contributed by atoms with Crippen molar-refractivity contribution in [3.05, 3.63) is 60.8 Å². The van der Waals surface area contributed by atoms with Gasteiger partial charge in [-0.05, 0) is 89.9 Å². The monoisotopic (exact) mass is 1110 g/mol. The van der Waals surface area contributed by atoms with Gasteiger partial charge in [0.1, 0.15) is 13.2 Å². The minimum absolute atomic E-state index is 0.0738. The molecule has 460 valence electrons. The van der Waals surface area contributed by atoms with Crippen LogP contribution in [0, 0.1) is 0 Å². The summed E-state index contributed by atoms with van der Waals surface area (Å²) in [6, 6.07) is 0. The van der Waals surface area contributed by atoms with Crippen molar-refractivity contribution in [1.29, 1.82) is 0 Å². The summed E-state index contributed by atoms with van der Waals surface area (Å²) in [5.41, 5.74) is 0. The van der Waals surface area contributed by atoms with Crippen LogP contribution in [0.25, 0.3) is 0 Å². The molecule has 0 aromatic rings. The molecule has 0 aliphatic heterocycles. The van der Waals surface area contributed by atoms with Crippen LogP contribution >= 0.6 is 0 Å². The van der Waals surface area contributed by atoms with Crippen LogP contribution in [-0.2, 0) is 28.6 Å². The second-order valence-corrected chi connectivity index (χ2v) is 23.4. The highest BCUT2D eigenvalue weighted by Gasteiger charge is 2.19. The van der Waals surface area contributed by atoms with E-state index in [1.807, 2.05) is 0 Å². The summed E-state index contributed by atoms with van der Waals surface area (Å²) in [6.45, 7) is 6.66. The van der Waals surface area contributed by atoms with Crippen LogP contribution in [0.1, 0.15) is 367 Å². The second-order valence-electron chi connectivity index (χ2n) is 23.4. The molecule has 0 spiro atoms. The highest BCUT2D eigenvalue weighted by Crippen LogP contribution is 2.18. The maximum Gasteiger partial charge on any atom is 0.306 e. The number of carbonyl (C=O) groups excluding carboxylic acids is 3. The quantitative estimate of drug-likeness (QED) is 0.0261. The molecule has 1 atom stereocenters. The zero-order chi connectivity index (χ0) is 57.1. The first-order valence-electron chi connectivity index (χ1n) is 34.8. The SMILES string of the molecule is CCCCCC/C=C\C/C=C\CCCCCCCCCC(=O)OC(COC(=O)CCCCCCCCCCCCCC/C=C\C/C=C\C/C=C\CCCCCCC)COC(=O)CCCCCCCCCCCCCCCCCC. The van der Waals surface area contributed by atoms with E-state index >= 15 is 0 Å². The first-order valence-corrected chi connectivity index (χ1v) is 34.8. The molecule has 0 amide bonds. The van der Waals surface area contributed by atoms with Crippen LogP contribution in [0.3, 0.4) is 0 Å². The Morgan fingerprint density at radius 1 is 0.253 bits per heavy atom. The Labute approximate surface area is 491 Å². The number of ether oxygens (including phenoxy) is 3. The molecule has 0 aliphatic rings. The van der Waals surface area contributed by atoms with E-state index in [0.29, 0.717) is 19.3 Å². The number of hydrogen-bond donors (Lipinski definition) is 0. The van der Waals surface area contributed by atoms with E-state index in [1.165, 1.54) is 244 Å². The average molecular weight is 1110 g/mol. The van der Waals surface area contributed by atoms with Crippen molar-refractivity contribution < 1.29 is 28.6 Å². The molecule has 0 heterocycles. The molecule has 0 rings (SSSR count). The summed E-state index contributed by atoms with van der Waals surface area (Å²) in [7, 11) is 0. The molecule has 6 heteroatoms. The number of rotatable bonds is 64. The second kappa shape index (κ2) is 67.6. The van der Waals surface area contributed by atoms with E-state index in [9.17, 15) is 14.4 Å². The number of carbonyl (C=O) groups is 3. The standard InChI is InChI=1S/C73H132O6/c1-4-7-10-13-16-19-22-25-28-31-33-34-35-36-37-38-39-40-41-43-45-48-51-54-57-60-63-66-72(75)78-69-70(68-77-71(74)65-62-59-56-53-50-47-44-30-27-24-21-18-15-12-9-6-3)79-73(76)67-64-61-58-55-52-49-46-42-32-29-26-23-20-17-14-11-8-5-2/h20,22-23,25,29,31-33,35-36,70H,4-19,21,24,26-28,30,34,37-69H2,1-3H3/b23-20-,25-22-,32-29-,33-31-,36-35-. The van der Waals surface area contributed by atoms with Crippen LogP contribution in [-0.4, -0.2) is 37.2 Å². The van der Waals surface area contributed by atoms with Gasteiger partial charge in [-0.3, -0.25) is 14.4 Å². The van der Waals surface area contributed by atoms with Crippen molar-refractivity contribution >= 4 is 17.9 Å². The fourth-order valence-corrected chi connectivity index (χ4v) is 10.2. The minimum atomic E-state index is -0.779. The third-order valence-corrected chi connectivity index (χ3v) is 15.5. The summed E-state index contributed by atoms with van der Waals surface area (Å²) in [4.78, 5) is 38.4. The molecule has 0 N–H and O–H groups in total. The summed E-state index contributed by atoms with van der Waals surface area (Å²) in [5.74, 6) is -0.860. The van der Waals surface area contributed by atoms with Crippen LogP contribution in [0.15, 0.2) is 60.8 Å². The minimum Gasteiger partial charge on any atom is -0.462 e. The Morgan fingerprint density at radius 2 is 0.456 bits per heavy atom. The smallest absolute Gasteiger partial charge is 0.306 e. The van der Waals surface area contributed by atoms with Gasteiger partial charge in [-0.15, -0.1) is 0 Å². The average Bonchev–Trinajstić information content (AvgIpc) is 3.45. The van der Waals surface area contributed by atoms with E-state index in [1.54, 1.807) is 0 Å². The van der Waals surface area contributed by atoms with E-state index in [4.69, 9.17) is 14.2 Å². The maximum absolute atomic E-state index is 12.9. The molecule has 6 nitrogen and oxygen atoms in total. The van der Waals surface area contributed by atoms with Crippen molar-refractivity contribution in [3.8, 4) is 0 Å². The Balaban J connectivity index is 4.30. The number of esters is 3. The third-order valence-electron chi connectivity index (χ3n) is 15.5. The summed E-state index contributed by atoms with van der Waals surface area (Å²) < 4.78 is 17.0. The lowest BCUT2D eigenvalue weighted by Gasteiger charge is -2.18.